The third kappa shape index (κ3) is 7.55. The van der Waals surface area contributed by atoms with E-state index < -0.39 is 24.5 Å². The zero-order valence-corrected chi connectivity index (χ0v) is 11.0. The summed E-state index contributed by atoms with van der Waals surface area (Å²) in [5.74, 6) is -0.885. The number of halogens is 2. The Kier molecular flexibility index (Phi) is 8.83. The van der Waals surface area contributed by atoms with Crippen LogP contribution in [0, 0.1) is 0 Å². The fourth-order valence-corrected chi connectivity index (χ4v) is 1.53. The van der Waals surface area contributed by atoms with Crippen LogP contribution in [0.3, 0.4) is 0 Å². The van der Waals surface area contributed by atoms with Gasteiger partial charge in [-0.3, -0.25) is 4.79 Å². The summed E-state index contributed by atoms with van der Waals surface area (Å²) < 4.78 is 28.3. The van der Waals surface area contributed by atoms with Gasteiger partial charge in [0.25, 0.3) is 6.43 Å². The van der Waals surface area contributed by atoms with Crippen molar-refractivity contribution in [2.45, 2.75) is 51.5 Å². The predicted octanol–water partition coefficient (Wildman–Crippen LogP) is 2.28. The van der Waals surface area contributed by atoms with Crippen LogP contribution in [0.5, 0.6) is 0 Å². The Balaban J connectivity index is 3.80. The van der Waals surface area contributed by atoms with E-state index in [0.29, 0.717) is 25.8 Å². The largest absolute Gasteiger partial charge is 0.480 e. The molecule has 108 valence electrons. The lowest BCUT2D eigenvalue weighted by Crippen LogP contribution is -2.49. The second-order valence-corrected chi connectivity index (χ2v) is 4.49. The Bertz CT molecular complexity index is 239. The maximum atomic E-state index is 11.8. The van der Waals surface area contributed by atoms with Crippen molar-refractivity contribution < 1.29 is 23.4 Å². The second-order valence-electron chi connectivity index (χ2n) is 4.49. The molecule has 0 aliphatic carbocycles. The first-order valence-electron chi connectivity index (χ1n) is 6.26. The molecule has 0 spiro atoms. The van der Waals surface area contributed by atoms with Crippen molar-refractivity contribution in [1.29, 1.82) is 0 Å². The highest BCUT2D eigenvalue weighted by Crippen LogP contribution is 2.14. The first kappa shape index (κ1) is 17.2. The number of aliphatic carboxylic acids is 1. The van der Waals surface area contributed by atoms with Crippen LogP contribution in [0.2, 0.25) is 0 Å². The monoisotopic (exact) mass is 267 g/mol. The highest BCUT2D eigenvalue weighted by atomic mass is 19.3. The Labute approximate surface area is 107 Å². The van der Waals surface area contributed by atoms with E-state index in [9.17, 15) is 13.6 Å². The average Bonchev–Trinajstić information content (AvgIpc) is 2.30. The highest BCUT2D eigenvalue weighted by Gasteiger charge is 2.31. The third-order valence-corrected chi connectivity index (χ3v) is 2.70. The van der Waals surface area contributed by atoms with Crippen molar-refractivity contribution >= 4 is 5.97 Å². The summed E-state index contributed by atoms with van der Waals surface area (Å²) in [6.45, 7) is 3.95. The van der Waals surface area contributed by atoms with Gasteiger partial charge in [-0.05, 0) is 39.2 Å². The van der Waals surface area contributed by atoms with Crippen LogP contribution >= 0.6 is 0 Å². The van der Waals surface area contributed by atoms with E-state index in [-0.39, 0.29) is 6.61 Å². The molecular formula is C12H23F2NO3. The molecule has 6 heteroatoms. The van der Waals surface area contributed by atoms with Crippen LogP contribution in [0.4, 0.5) is 8.78 Å². The van der Waals surface area contributed by atoms with E-state index in [2.05, 4.69) is 5.32 Å². The van der Waals surface area contributed by atoms with Gasteiger partial charge in [-0.2, -0.15) is 0 Å². The molecule has 0 aromatic carbocycles. The Morgan fingerprint density at radius 2 is 2.11 bits per heavy atom. The minimum atomic E-state index is -2.44. The lowest BCUT2D eigenvalue weighted by atomic mass is 9.95. The van der Waals surface area contributed by atoms with Gasteiger partial charge in [0.05, 0.1) is 0 Å². The summed E-state index contributed by atoms with van der Waals surface area (Å²) in [5.41, 5.74) is -0.946. The fraction of sp³-hybridized carbons (Fsp3) is 0.917. The lowest BCUT2D eigenvalue weighted by molar-refractivity contribution is -0.144. The predicted molar refractivity (Wildman–Crippen MR) is 65.0 cm³/mol. The van der Waals surface area contributed by atoms with Crippen molar-refractivity contribution in [3.05, 3.63) is 0 Å². The van der Waals surface area contributed by atoms with Gasteiger partial charge in [0.2, 0.25) is 0 Å². The van der Waals surface area contributed by atoms with Crippen LogP contribution in [0.25, 0.3) is 0 Å². The molecule has 0 aromatic rings. The zero-order chi connectivity index (χ0) is 14.0. The number of ether oxygens (including phenoxy) is 1. The summed E-state index contributed by atoms with van der Waals surface area (Å²) in [4.78, 5) is 11.1. The van der Waals surface area contributed by atoms with Gasteiger partial charge >= 0.3 is 5.97 Å². The number of carbonyl (C=O) groups is 1. The highest BCUT2D eigenvalue weighted by molar-refractivity contribution is 5.78. The topological polar surface area (TPSA) is 58.6 Å². The summed E-state index contributed by atoms with van der Waals surface area (Å²) in [6, 6.07) is 0. The van der Waals surface area contributed by atoms with Gasteiger partial charge in [0, 0.05) is 6.61 Å². The molecule has 0 amide bonds. The van der Waals surface area contributed by atoms with Crippen LogP contribution < -0.4 is 5.32 Å². The molecule has 1 atom stereocenters. The van der Waals surface area contributed by atoms with Crippen molar-refractivity contribution in [3.63, 3.8) is 0 Å². The Morgan fingerprint density at radius 1 is 1.44 bits per heavy atom. The van der Waals surface area contributed by atoms with Crippen molar-refractivity contribution in [2.75, 3.05) is 19.8 Å². The standard InChI is InChI=1S/C12H23F2NO3/c1-3-7-15-12(2,11(16)17)6-4-5-8-18-9-10(13)14/h10,15H,3-9H2,1-2H3,(H,16,17). The summed E-state index contributed by atoms with van der Waals surface area (Å²) in [5, 5.41) is 12.1. The number of unbranched alkanes of at least 4 members (excludes halogenated alkanes) is 1. The maximum Gasteiger partial charge on any atom is 0.323 e. The number of rotatable bonds is 11. The van der Waals surface area contributed by atoms with E-state index in [1.54, 1.807) is 6.92 Å². The van der Waals surface area contributed by atoms with E-state index in [1.165, 1.54) is 0 Å². The normalized spacial score (nSPS) is 14.7. The SMILES string of the molecule is CCCNC(C)(CCCCOCC(F)F)C(=O)O. The van der Waals surface area contributed by atoms with Gasteiger partial charge in [-0.25, -0.2) is 8.78 Å². The minimum Gasteiger partial charge on any atom is -0.480 e. The molecule has 0 heterocycles. The molecule has 2 N–H and O–H groups in total. The molecule has 0 aromatic heterocycles. The number of carboxylic acid groups (broad SMARTS) is 1. The second kappa shape index (κ2) is 9.22. The first-order valence-corrected chi connectivity index (χ1v) is 6.26. The smallest absolute Gasteiger partial charge is 0.323 e. The fourth-order valence-electron chi connectivity index (χ4n) is 1.53. The number of hydrogen-bond donors (Lipinski definition) is 2. The van der Waals surface area contributed by atoms with Gasteiger partial charge in [0.15, 0.2) is 0 Å². The van der Waals surface area contributed by atoms with Crippen LogP contribution in [0.15, 0.2) is 0 Å². The molecule has 0 bridgehead atoms. The molecule has 0 fully saturated rings. The van der Waals surface area contributed by atoms with E-state index >= 15 is 0 Å². The van der Waals surface area contributed by atoms with Crippen molar-refractivity contribution in [1.82, 2.24) is 5.32 Å². The summed E-state index contributed by atoms with van der Waals surface area (Å²) >= 11 is 0. The summed E-state index contributed by atoms with van der Waals surface area (Å²) in [6.07, 6.45) is 0.0906. The van der Waals surface area contributed by atoms with E-state index in [4.69, 9.17) is 9.84 Å². The van der Waals surface area contributed by atoms with Crippen LogP contribution in [-0.4, -0.2) is 42.8 Å². The Morgan fingerprint density at radius 3 is 2.61 bits per heavy atom. The van der Waals surface area contributed by atoms with Gasteiger partial charge in [-0.1, -0.05) is 6.92 Å². The maximum absolute atomic E-state index is 11.8. The van der Waals surface area contributed by atoms with Gasteiger partial charge < -0.3 is 15.2 Å². The molecule has 18 heavy (non-hydrogen) atoms. The molecular weight excluding hydrogens is 244 g/mol. The average molecular weight is 267 g/mol. The number of alkyl halides is 2. The lowest BCUT2D eigenvalue weighted by Gasteiger charge is -2.26. The van der Waals surface area contributed by atoms with Gasteiger partial charge in [-0.15, -0.1) is 0 Å². The molecule has 0 saturated carbocycles. The first-order chi connectivity index (χ1) is 8.42. The quantitative estimate of drug-likeness (QED) is 0.564. The zero-order valence-electron chi connectivity index (χ0n) is 11.0. The van der Waals surface area contributed by atoms with Crippen LogP contribution in [0.1, 0.15) is 39.5 Å². The molecule has 0 saturated heterocycles. The van der Waals surface area contributed by atoms with Crippen LogP contribution in [-0.2, 0) is 9.53 Å². The minimum absolute atomic E-state index is 0.244. The molecule has 0 aliphatic rings. The third-order valence-electron chi connectivity index (χ3n) is 2.70. The Hall–Kier alpha value is -0.750. The number of hydrogen-bond acceptors (Lipinski definition) is 3. The van der Waals surface area contributed by atoms with E-state index in [0.717, 1.165) is 6.42 Å². The van der Waals surface area contributed by atoms with E-state index in [1.807, 2.05) is 6.92 Å². The number of carboxylic acids is 1. The van der Waals surface area contributed by atoms with Gasteiger partial charge in [0.1, 0.15) is 12.1 Å². The molecule has 0 aliphatic heterocycles. The van der Waals surface area contributed by atoms with Crippen molar-refractivity contribution in [3.8, 4) is 0 Å². The summed E-state index contributed by atoms with van der Waals surface area (Å²) in [7, 11) is 0. The molecule has 4 nitrogen and oxygen atoms in total. The molecule has 0 rings (SSSR count). The van der Waals surface area contributed by atoms with Crippen molar-refractivity contribution in [2.24, 2.45) is 0 Å². The number of nitrogens with one attached hydrogen (secondary N) is 1. The molecule has 1 unspecified atom stereocenters. The molecule has 0 radical (unpaired) electrons.